The number of urea groups is 1. The lowest BCUT2D eigenvalue weighted by Gasteiger charge is -2.27. The molecule has 0 bridgehead atoms. The number of nitrogens with zero attached hydrogens (tertiary/aromatic N) is 2. The van der Waals surface area contributed by atoms with Gasteiger partial charge in [0.1, 0.15) is 5.82 Å². The summed E-state index contributed by atoms with van der Waals surface area (Å²) in [5.74, 6) is 0.191. The molecule has 0 saturated heterocycles. The predicted molar refractivity (Wildman–Crippen MR) is 70.5 cm³/mol. The molecule has 1 unspecified atom stereocenters. The molecule has 2 aromatic rings. The minimum absolute atomic E-state index is 0.191. The molecule has 0 fully saturated rings. The van der Waals surface area contributed by atoms with Crippen LogP contribution in [0.15, 0.2) is 34.1 Å². The molecule has 0 radical (unpaired) electrons. The van der Waals surface area contributed by atoms with Crippen LogP contribution < -0.4 is 21.9 Å². The summed E-state index contributed by atoms with van der Waals surface area (Å²) >= 11 is 0. The highest BCUT2D eigenvalue weighted by molar-refractivity contribution is 5.92. The number of fused-ring (bicyclic) bond motifs is 1. The molecule has 1 aliphatic rings. The van der Waals surface area contributed by atoms with Crippen molar-refractivity contribution in [1.82, 2.24) is 19.9 Å². The number of hydrogen-bond acceptors (Lipinski definition) is 4. The number of aromatic nitrogens is 3. The lowest BCUT2D eigenvalue weighted by atomic mass is 10.0. The summed E-state index contributed by atoms with van der Waals surface area (Å²) < 4.78 is 1.19. The Morgan fingerprint density at radius 1 is 1.30 bits per heavy atom. The van der Waals surface area contributed by atoms with Crippen LogP contribution in [-0.4, -0.2) is 20.6 Å². The van der Waals surface area contributed by atoms with Gasteiger partial charge in [0.05, 0.1) is 11.6 Å². The molecule has 0 aliphatic carbocycles. The standard InChI is InChI=1S/C12H11N5O3/c1-17-9-7(10(18)16-12(17)20)8(14-11(19)15-9)6-3-2-4-13-5-6/h2-5,8H,1H3,(H2,14,15,19)(H,16,18,20). The Kier molecular flexibility index (Phi) is 2.63. The number of H-pyrrole nitrogens is 1. The van der Waals surface area contributed by atoms with Gasteiger partial charge in [-0.3, -0.25) is 24.6 Å². The summed E-state index contributed by atoms with van der Waals surface area (Å²) in [5.41, 5.74) is -0.183. The number of nitrogens with one attached hydrogen (secondary N) is 3. The highest BCUT2D eigenvalue weighted by atomic mass is 16.2. The van der Waals surface area contributed by atoms with E-state index >= 15 is 0 Å². The first-order chi connectivity index (χ1) is 9.58. The van der Waals surface area contributed by atoms with Crippen molar-refractivity contribution < 1.29 is 4.79 Å². The third-order valence-corrected chi connectivity index (χ3v) is 3.17. The largest absolute Gasteiger partial charge is 0.329 e. The molecule has 3 N–H and O–H groups in total. The van der Waals surface area contributed by atoms with Gasteiger partial charge in [-0.2, -0.15) is 0 Å². The molecule has 0 spiro atoms. The highest BCUT2D eigenvalue weighted by Crippen LogP contribution is 2.26. The monoisotopic (exact) mass is 273 g/mol. The van der Waals surface area contributed by atoms with Crippen LogP contribution in [0.4, 0.5) is 10.6 Å². The summed E-state index contributed by atoms with van der Waals surface area (Å²) in [5, 5.41) is 5.13. The fraction of sp³-hybridized carbons (Fsp3) is 0.167. The number of amides is 2. The topological polar surface area (TPSA) is 109 Å². The molecular formula is C12H11N5O3. The van der Waals surface area contributed by atoms with Gasteiger partial charge in [-0.15, -0.1) is 0 Å². The van der Waals surface area contributed by atoms with Crippen molar-refractivity contribution >= 4 is 11.8 Å². The SMILES string of the molecule is Cn1c2c(c(=O)[nH]c1=O)C(c1cccnc1)NC(=O)N2. The van der Waals surface area contributed by atoms with Gasteiger partial charge < -0.3 is 5.32 Å². The van der Waals surface area contributed by atoms with E-state index in [1.165, 1.54) is 11.6 Å². The number of carbonyl (C=O) groups excluding carboxylic acids is 1. The van der Waals surface area contributed by atoms with Crippen LogP contribution in [0, 0.1) is 0 Å². The Balaban J connectivity index is 2.28. The van der Waals surface area contributed by atoms with Crippen molar-refractivity contribution in [3.63, 3.8) is 0 Å². The molecule has 0 aromatic carbocycles. The zero-order valence-electron chi connectivity index (χ0n) is 10.5. The molecule has 1 aliphatic heterocycles. The van der Waals surface area contributed by atoms with Crippen LogP contribution in [-0.2, 0) is 7.05 Å². The molecular weight excluding hydrogens is 262 g/mol. The number of carbonyl (C=O) groups is 1. The van der Waals surface area contributed by atoms with Gasteiger partial charge in [0.15, 0.2) is 0 Å². The van der Waals surface area contributed by atoms with Crippen LogP contribution in [0.2, 0.25) is 0 Å². The Morgan fingerprint density at radius 2 is 2.10 bits per heavy atom. The first kappa shape index (κ1) is 12.2. The fourth-order valence-corrected chi connectivity index (χ4v) is 2.20. The van der Waals surface area contributed by atoms with E-state index in [1.54, 1.807) is 24.5 Å². The smallest absolute Gasteiger partial charge is 0.326 e. The lowest BCUT2D eigenvalue weighted by molar-refractivity contribution is 0.248. The minimum Gasteiger partial charge on any atom is -0.326 e. The van der Waals surface area contributed by atoms with E-state index in [0.29, 0.717) is 5.56 Å². The Labute approximate surface area is 112 Å². The van der Waals surface area contributed by atoms with Crippen LogP contribution in [0.1, 0.15) is 17.2 Å². The maximum absolute atomic E-state index is 12.0. The van der Waals surface area contributed by atoms with Gasteiger partial charge in [0, 0.05) is 19.4 Å². The average Bonchev–Trinajstić information content (AvgIpc) is 2.45. The molecule has 3 rings (SSSR count). The molecule has 20 heavy (non-hydrogen) atoms. The maximum atomic E-state index is 12.0. The van der Waals surface area contributed by atoms with Gasteiger partial charge in [0.25, 0.3) is 5.56 Å². The predicted octanol–water partition coefficient (Wildman–Crippen LogP) is -0.307. The van der Waals surface area contributed by atoms with E-state index in [9.17, 15) is 14.4 Å². The fourth-order valence-electron chi connectivity index (χ4n) is 2.20. The maximum Gasteiger partial charge on any atom is 0.329 e. The van der Waals surface area contributed by atoms with Crippen LogP contribution in [0.3, 0.4) is 0 Å². The molecule has 8 nitrogen and oxygen atoms in total. The number of aromatic amines is 1. The molecule has 102 valence electrons. The summed E-state index contributed by atoms with van der Waals surface area (Å²) in [6.45, 7) is 0. The third kappa shape index (κ3) is 1.78. The van der Waals surface area contributed by atoms with Crippen molar-refractivity contribution in [2.75, 3.05) is 5.32 Å². The van der Waals surface area contributed by atoms with Crippen LogP contribution in [0.25, 0.3) is 0 Å². The number of hydrogen-bond donors (Lipinski definition) is 3. The van der Waals surface area contributed by atoms with Crippen LogP contribution >= 0.6 is 0 Å². The van der Waals surface area contributed by atoms with Gasteiger partial charge >= 0.3 is 11.7 Å². The molecule has 2 amide bonds. The lowest BCUT2D eigenvalue weighted by Crippen LogP contribution is -2.46. The zero-order chi connectivity index (χ0) is 14.3. The summed E-state index contributed by atoms with van der Waals surface area (Å²) in [6.07, 6.45) is 3.16. The van der Waals surface area contributed by atoms with Crippen molar-refractivity contribution in [3.8, 4) is 0 Å². The van der Waals surface area contributed by atoms with Gasteiger partial charge in [0.2, 0.25) is 0 Å². The van der Waals surface area contributed by atoms with Crippen molar-refractivity contribution in [1.29, 1.82) is 0 Å². The van der Waals surface area contributed by atoms with E-state index in [4.69, 9.17) is 0 Å². The summed E-state index contributed by atoms with van der Waals surface area (Å²) in [6, 6.07) is 2.33. The van der Waals surface area contributed by atoms with E-state index < -0.39 is 23.3 Å². The van der Waals surface area contributed by atoms with E-state index in [0.717, 1.165) is 0 Å². The first-order valence-electron chi connectivity index (χ1n) is 5.88. The normalized spacial score (nSPS) is 17.1. The second kappa shape index (κ2) is 4.34. The molecule has 1 atom stereocenters. The Morgan fingerprint density at radius 3 is 2.80 bits per heavy atom. The highest BCUT2D eigenvalue weighted by Gasteiger charge is 2.30. The van der Waals surface area contributed by atoms with E-state index in [-0.39, 0.29) is 11.4 Å². The van der Waals surface area contributed by atoms with Gasteiger partial charge in [-0.1, -0.05) is 6.07 Å². The summed E-state index contributed by atoms with van der Waals surface area (Å²) in [4.78, 5) is 41.5. The van der Waals surface area contributed by atoms with Crippen molar-refractivity contribution in [2.45, 2.75) is 6.04 Å². The Bertz CT molecular complexity index is 793. The molecule has 3 heterocycles. The van der Waals surface area contributed by atoms with Crippen molar-refractivity contribution in [2.24, 2.45) is 7.05 Å². The Hall–Kier alpha value is -2.90. The van der Waals surface area contributed by atoms with E-state index in [1.807, 2.05) is 0 Å². The quantitative estimate of drug-likeness (QED) is 0.662. The number of pyridine rings is 1. The molecule has 2 aromatic heterocycles. The first-order valence-corrected chi connectivity index (χ1v) is 5.88. The second-order valence-electron chi connectivity index (χ2n) is 4.40. The second-order valence-corrected chi connectivity index (χ2v) is 4.40. The number of rotatable bonds is 1. The summed E-state index contributed by atoms with van der Waals surface area (Å²) in [7, 11) is 1.48. The molecule has 0 saturated carbocycles. The van der Waals surface area contributed by atoms with Gasteiger partial charge in [-0.25, -0.2) is 9.59 Å². The average molecular weight is 273 g/mol. The van der Waals surface area contributed by atoms with Gasteiger partial charge in [-0.05, 0) is 11.6 Å². The third-order valence-electron chi connectivity index (χ3n) is 3.17. The number of anilines is 1. The van der Waals surface area contributed by atoms with Crippen LogP contribution in [0.5, 0.6) is 0 Å². The minimum atomic E-state index is -0.650. The zero-order valence-corrected chi connectivity index (χ0v) is 10.5. The van der Waals surface area contributed by atoms with Crippen molar-refractivity contribution in [3.05, 3.63) is 56.5 Å². The molecule has 8 heteroatoms. The van der Waals surface area contributed by atoms with E-state index in [2.05, 4.69) is 20.6 Å².